The summed E-state index contributed by atoms with van der Waals surface area (Å²) in [5.41, 5.74) is 1.13. The normalized spacial score (nSPS) is 10.0. The van der Waals surface area contributed by atoms with Gasteiger partial charge in [0.1, 0.15) is 0 Å². The molecule has 0 atom stereocenters. The lowest BCUT2D eigenvalue weighted by atomic mass is 10.3. The topological polar surface area (TPSA) is 64.7 Å². The molecule has 0 aliphatic rings. The SMILES string of the molecule is C=C(C)C(=O)NCCN(C)C.C=C(C)C(=O)NCCN(CC)CC. The number of carbonyl (C=O) groups is 2. The van der Waals surface area contributed by atoms with E-state index in [0.717, 1.165) is 26.2 Å². The van der Waals surface area contributed by atoms with Gasteiger partial charge in [-0.05, 0) is 41.0 Å². The fourth-order valence-electron chi connectivity index (χ4n) is 1.56. The molecule has 0 aromatic carbocycles. The molecular weight excluding hydrogens is 304 g/mol. The molecule has 0 aromatic heterocycles. The molecule has 0 rings (SSSR count). The van der Waals surface area contributed by atoms with Crippen molar-refractivity contribution in [1.82, 2.24) is 20.4 Å². The van der Waals surface area contributed by atoms with Crippen molar-refractivity contribution >= 4 is 11.8 Å². The third-order valence-corrected chi connectivity index (χ3v) is 3.23. The predicted octanol–water partition coefficient (Wildman–Crippen LogP) is 1.26. The second-order valence-electron chi connectivity index (χ2n) is 5.90. The fraction of sp³-hybridized carbons (Fsp3) is 0.667. The van der Waals surface area contributed by atoms with Gasteiger partial charge in [-0.25, -0.2) is 0 Å². The van der Waals surface area contributed by atoms with E-state index in [1.807, 2.05) is 19.0 Å². The van der Waals surface area contributed by atoms with Crippen molar-refractivity contribution in [2.75, 3.05) is 53.4 Å². The van der Waals surface area contributed by atoms with E-state index in [9.17, 15) is 9.59 Å². The summed E-state index contributed by atoms with van der Waals surface area (Å²) < 4.78 is 0. The van der Waals surface area contributed by atoms with Crippen LogP contribution in [0.4, 0.5) is 0 Å². The van der Waals surface area contributed by atoms with E-state index in [4.69, 9.17) is 0 Å². The van der Waals surface area contributed by atoms with Crippen LogP contribution < -0.4 is 10.6 Å². The number of likely N-dealkylation sites (N-methyl/N-ethyl adjacent to an activating group) is 2. The van der Waals surface area contributed by atoms with Gasteiger partial charge in [-0.2, -0.15) is 0 Å². The lowest BCUT2D eigenvalue weighted by molar-refractivity contribution is -0.118. The van der Waals surface area contributed by atoms with Crippen LogP contribution in [0.15, 0.2) is 24.3 Å². The van der Waals surface area contributed by atoms with Crippen LogP contribution in [0.5, 0.6) is 0 Å². The molecule has 6 nitrogen and oxygen atoms in total. The van der Waals surface area contributed by atoms with Gasteiger partial charge in [0, 0.05) is 37.3 Å². The smallest absolute Gasteiger partial charge is 0.246 e. The summed E-state index contributed by atoms with van der Waals surface area (Å²) >= 11 is 0. The number of hydrogen-bond donors (Lipinski definition) is 2. The molecule has 2 amide bonds. The van der Waals surface area contributed by atoms with Crippen LogP contribution in [0.3, 0.4) is 0 Å². The second-order valence-corrected chi connectivity index (χ2v) is 5.90. The van der Waals surface area contributed by atoms with E-state index in [0.29, 0.717) is 24.2 Å². The minimum absolute atomic E-state index is 0.0489. The maximum absolute atomic E-state index is 11.1. The summed E-state index contributed by atoms with van der Waals surface area (Å²) in [6.45, 7) is 19.9. The molecule has 0 aliphatic carbocycles. The van der Waals surface area contributed by atoms with Crippen molar-refractivity contribution in [3.05, 3.63) is 24.3 Å². The van der Waals surface area contributed by atoms with E-state index in [1.54, 1.807) is 13.8 Å². The number of nitrogens with one attached hydrogen (secondary N) is 2. The molecular formula is C18H36N4O2. The molecule has 0 heterocycles. The molecule has 0 aromatic rings. The van der Waals surface area contributed by atoms with Gasteiger partial charge < -0.3 is 20.4 Å². The first-order valence-corrected chi connectivity index (χ1v) is 8.40. The third kappa shape index (κ3) is 15.2. The molecule has 24 heavy (non-hydrogen) atoms. The van der Waals surface area contributed by atoms with Crippen LogP contribution in [0.1, 0.15) is 27.7 Å². The average molecular weight is 341 g/mol. The van der Waals surface area contributed by atoms with Crippen molar-refractivity contribution in [2.24, 2.45) is 0 Å². The molecule has 0 bridgehead atoms. The first kappa shape index (κ1) is 24.6. The molecule has 0 spiro atoms. The van der Waals surface area contributed by atoms with E-state index >= 15 is 0 Å². The van der Waals surface area contributed by atoms with Gasteiger partial charge in [0.2, 0.25) is 11.8 Å². The molecule has 140 valence electrons. The van der Waals surface area contributed by atoms with E-state index in [-0.39, 0.29) is 11.8 Å². The Kier molecular flexibility index (Phi) is 15.3. The highest BCUT2D eigenvalue weighted by molar-refractivity contribution is 5.92. The van der Waals surface area contributed by atoms with Crippen molar-refractivity contribution in [2.45, 2.75) is 27.7 Å². The number of rotatable bonds is 10. The zero-order valence-corrected chi connectivity index (χ0v) is 16.4. The minimum Gasteiger partial charge on any atom is -0.351 e. The minimum atomic E-state index is -0.0631. The Hall–Kier alpha value is -1.66. The first-order valence-electron chi connectivity index (χ1n) is 8.40. The molecule has 0 aliphatic heterocycles. The molecule has 0 fully saturated rings. The third-order valence-electron chi connectivity index (χ3n) is 3.23. The van der Waals surface area contributed by atoms with Gasteiger partial charge in [0.15, 0.2) is 0 Å². The molecule has 0 unspecified atom stereocenters. The summed E-state index contributed by atoms with van der Waals surface area (Å²) in [5.74, 6) is -0.112. The summed E-state index contributed by atoms with van der Waals surface area (Å²) in [5, 5.41) is 5.53. The zero-order valence-electron chi connectivity index (χ0n) is 16.4. The quantitative estimate of drug-likeness (QED) is 0.588. The van der Waals surface area contributed by atoms with Crippen molar-refractivity contribution in [3.63, 3.8) is 0 Å². The Bertz CT molecular complexity index is 402. The Morgan fingerprint density at radius 3 is 1.50 bits per heavy atom. The molecule has 6 heteroatoms. The second kappa shape index (κ2) is 14.9. The van der Waals surface area contributed by atoms with Crippen LogP contribution in [-0.2, 0) is 9.59 Å². The average Bonchev–Trinajstić information content (AvgIpc) is 2.51. The van der Waals surface area contributed by atoms with E-state index in [2.05, 4.69) is 42.5 Å². The maximum Gasteiger partial charge on any atom is 0.246 e. The van der Waals surface area contributed by atoms with E-state index in [1.165, 1.54) is 0 Å². The number of nitrogens with zero attached hydrogens (tertiary/aromatic N) is 2. The Morgan fingerprint density at radius 1 is 0.833 bits per heavy atom. The Labute approximate surface area is 148 Å². The monoisotopic (exact) mass is 340 g/mol. The van der Waals surface area contributed by atoms with Crippen LogP contribution in [-0.4, -0.2) is 75.0 Å². The van der Waals surface area contributed by atoms with E-state index < -0.39 is 0 Å². The largest absolute Gasteiger partial charge is 0.351 e. The highest BCUT2D eigenvalue weighted by Crippen LogP contribution is 1.87. The Morgan fingerprint density at radius 2 is 1.21 bits per heavy atom. The summed E-state index contributed by atoms with van der Waals surface area (Å²) in [7, 11) is 3.93. The maximum atomic E-state index is 11.1. The number of carbonyl (C=O) groups excluding carboxylic acids is 2. The fourth-order valence-corrected chi connectivity index (χ4v) is 1.56. The van der Waals surface area contributed by atoms with Crippen LogP contribution >= 0.6 is 0 Å². The zero-order chi connectivity index (χ0) is 19.1. The molecule has 0 saturated heterocycles. The van der Waals surface area contributed by atoms with Crippen molar-refractivity contribution in [3.8, 4) is 0 Å². The lowest BCUT2D eigenvalue weighted by Gasteiger charge is -2.17. The van der Waals surface area contributed by atoms with Crippen molar-refractivity contribution in [1.29, 1.82) is 0 Å². The van der Waals surface area contributed by atoms with Gasteiger partial charge >= 0.3 is 0 Å². The van der Waals surface area contributed by atoms with Crippen LogP contribution in [0, 0.1) is 0 Å². The van der Waals surface area contributed by atoms with Gasteiger partial charge in [0.25, 0.3) is 0 Å². The summed E-state index contributed by atoms with van der Waals surface area (Å²) in [4.78, 5) is 26.2. The summed E-state index contributed by atoms with van der Waals surface area (Å²) in [6, 6.07) is 0. The number of amides is 2. The van der Waals surface area contributed by atoms with Gasteiger partial charge in [-0.3, -0.25) is 9.59 Å². The van der Waals surface area contributed by atoms with Gasteiger partial charge in [-0.15, -0.1) is 0 Å². The van der Waals surface area contributed by atoms with Crippen LogP contribution in [0.2, 0.25) is 0 Å². The molecule has 2 N–H and O–H groups in total. The number of hydrogen-bond acceptors (Lipinski definition) is 4. The predicted molar refractivity (Wildman–Crippen MR) is 102 cm³/mol. The first-order chi connectivity index (χ1) is 11.1. The lowest BCUT2D eigenvalue weighted by Crippen LogP contribution is -2.34. The molecule has 0 saturated carbocycles. The standard InChI is InChI=1S/C10H20N2O.C8H16N2O/c1-5-12(6-2)8-7-11-10(13)9(3)4;1-7(2)8(11)9-5-6-10(3)4/h3,5-8H2,1-2,4H3,(H,11,13);1,5-6H2,2-4H3,(H,9,11). The highest BCUT2D eigenvalue weighted by atomic mass is 16.2. The molecule has 0 radical (unpaired) electrons. The Balaban J connectivity index is 0. The van der Waals surface area contributed by atoms with Gasteiger partial charge in [-0.1, -0.05) is 27.0 Å². The summed E-state index contributed by atoms with van der Waals surface area (Å²) in [6.07, 6.45) is 0. The van der Waals surface area contributed by atoms with Gasteiger partial charge in [0.05, 0.1) is 0 Å². The van der Waals surface area contributed by atoms with Crippen molar-refractivity contribution < 1.29 is 9.59 Å². The highest BCUT2D eigenvalue weighted by Gasteiger charge is 2.02. The van der Waals surface area contributed by atoms with Crippen LogP contribution in [0.25, 0.3) is 0 Å².